The molecule has 2 aliphatic heterocycles. The molecular formula is C29H30N2O4. The second kappa shape index (κ2) is 8.29. The SMILES string of the molecule is CC1=CC(C2CC(=O)N(c3cccc(C)c3C)C2=O)CC2C(=O)N(c3cccc(C)c3C)C(=O)C12. The molecule has 0 saturated carbocycles. The molecule has 0 spiro atoms. The van der Waals surface area contributed by atoms with Gasteiger partial charge in [0.05, 0.1) is 29.1 Å². The van der Waals surface area contributed by atoms with Crippen LogP contribution in [-0.2, 0) is 19.2 Å². The number of anilines is 2. The van der Waals surface area contributed by atoms with Gasteiger partial charge in [-0.1, -0.05) is 35.9 Å². The highest BCUT2D eigenvalue weighted by Crippen LogP contribution is 2.47. The number of fused-ring (bicyclic) bond motifs is 1. The fraction of sp³-hybridized carbons (Fsp3) is 0.379. The van der Waals surface area contributed by atoms with Gasteiger partial charge in [-0.2, -0.15) is 0 Å². The van der Waals surface area contributed by atoms with Crippen molar-refractivity contribution in [1.29, 1.82) is 0 Å². The maximum absolute atomic E-state index is 13.5. The fourth-order valence-electron chi connectivity index (χ4n) is 6.00. The predicted molar refractivity (Wildman–Crippen MR) is 134 cm³/mol. The molecule has 35 heavy (non-hydrogen) atoms. The molecule has 0 bridgehead atoms. The Kier molecular flexibility index (Phi) is 5.50. The summed E-state index contributed by atoms with van der Waals surface area (Å²) in [5.41, 5.74) is 5.92. The number of imide groups is 2. The van der Waals surface area contributed by atoms with E-state index in [2.05, 4.69) is 0 Å². The summed E-state index contributed by atoms with van der Waals surface area (Å²) in [6, 6.07) is 11.2. The van der Waals surface area contributed by atoms with E-state index >= 15 is 0 Å². The summed E-state index contributed by atoms with van der Waals surface area (Å²) >= 11 is 0. The number of aryl methyl sites for hydroxylation is 2. The Morgan fingerprint density at radius 2 is 1.23 bits per heavy atom. The molecule has 180 valence electrons. The van der Waals surface area contributed by atoms with E-state index in [1.807, 2.05) is 71.0 Å². The molecule has 0 aromatic heterocycles. The van der Waals surface area contributed by atoms with E-state index in [4.69, 9.17) is 0 Å². The maximum Gasteiger partial charge on any atom is 0.241 e. The summed E-state index contributed by atoms with van der Waals surface area (Å²) in [6.45, 7) is 9.62. The third kappa shape index (κ3) is 3.46. The Morgan fingerprint density at radius 1 is 0.686 bits per heavy atom. The van der Waals surface area contributed by atoms with Crippen molar-refractivity contribution in [1.82, 2.24) is 0 Å². The van der Waals surface area contributed by atoms with E-state index in [9.17, 15) is 19.2 Å². The number of allylic oxidation sites excluding steroid dienone is 1. The van der Waals surface area contributed by atoms with Gasteiger partial charge in [0.1, 0.15) is 0 Å². The molecule has 2 saturated heterocycles. The molecule has 0 radical (unpaired) electrons. The van der Waals surface area contributed by atoms with Crippen molar-refractivity contribution in [3.63, 3.8) is 0 Å². The molecule has 2 aromatic rings. The van der Waals surface area contributed by atoms with Crippen molar-refractivity contribution in [3.8, 4) is 0 Å². The normalized spacial score (nSPS) is 26.5. The topological polar surface area (TPSA) is 74.8 Å². The lowest BCUT2D eigenvalue weighted by molar-refractivity contribution is -0.125. The van der Waals surface area contributed by atoms with Crippen LogP contribution in [0.5, 0.6) is 0 Å². The lowest BCUT2D eigenvalue weighted by Gasteiger charge is -2.30. The van der Waals surface area contributed by atoms with Gasteiger partial charge in [0.15, 0.2) is 0 Å². The van der Waals surface area contributed by atoms with E-state index in [1.54, 1.807) is 6.07 Å². The molecule has 4 unspecified atom stereocenters. The highest BCUT2D eigenvalue weighted by molar-refractivity contribution is 6.24. The second-order valence-electron chi connectivity index (χ2n) is 10.2. The van der Waals surface area contributed by atoms with Crippen molar-refractivity contribution in [3.05, 3.63) is 70.3 Å². The predicted octanol–water partition coefficient (Wildman–Crippen LogP) is 4.57. The van der Waals surface area contributed by atoms with Crippen molar-refractivity contribution in [2.45, 2.75) is 47.5 Å². The van der Waals surface area contributed by atoms with Crippen LogP contribution in [0.3, 0.4) is 0 Å². The smallest absolute Gasteiger partial charge is 0.241 e. The molecular weight excluding hydrogens is 440 g/mol. The van der Waals surface area contributed by atoms with E-state index in [1.165, 1.54) is 9.80 Å². The summed E-state index contributed by atoms with van der Waals surface area (Å²) in [7, 11) is 0. The van der Waals surface area contributed by atoms with E-state index in [0.29, 0.717) is 17.8 Å². The average Bonchev–Trinajstić information content (AvgIpc) is 3.25. The van der Waals surface area contributed by atoms with Gasteiger partial charge in [-0.05, 0) is 81.3 Å². The zero-order valence-electron chi connectivity index (χ0n) is 20.8. The highest BCUT2D eigenvalue weighted by atomic mass is 16.2. The third-order valence-electron chi connectivity index (χ3n) is 8.25. The Hall–Kier alpha value is -3.54. The molecule has 3 aliphatic rings. The van der Waals surface area contributed by atoms with Crippen molar-refractivity contribution >= 4 is 35.0 Å². The monoisotopic (exact) mass is 470 g/mol. The van der Waals surface area contributed by atoms with E-state index in [0.717, 1.165) is 27.8 Å². The van der Waals surface area contributed by atoms with Crippen LogP contribution in [0, 0.1) is 51.4 Å². The largest absolute Gasteiger partial charge is 0.274 e. The first-order chi connectivity index (χ1) is 16.6. The van der Waals surface area contributed by atoms with Gasteiger partial charge in [0.25, 0.3) is 0 Å². The number of carbonyl (C=O) groups excluding carboxylic acids is 4. The Morgan fingerprint density at radius 3 is 1.83 bits per heavy atom. The van der Waals surface area contributed by atoms with E-state index in [-0.39, 0.29) is 36.0 Å². The van der Waals surface area contributed by atoms with Gasteiger partial charge in [-0.25, -0.2) is 4.90 Å². The molecule has 6 nitrogen and oxygen atoms in total. The highest BCUT2D eigenvalue weighted by Gasteiger charge is 2.54. The number of hydrogen-bond acceptors (Lipinski definition) is 4. The van der Waals surface area contributed by atoms with Gasteiger partial charge in [0.2, 0.25) is 23.6 Å². The summed E-state index contributed by atoms with van der Waals surface area (Å²) in [5, 5.41) is 0. The van der Waals surface area contributed by atoms with Gasteiger partial charge < -0.3 is 0 Å². The number of amides is 4. The van der Waals surface area contributed by atoms with Crippen LogP contribution in [0.1, 0.15) is 42.0 Å². The fourth-order valence-corrected chi connectivity index (χ4v) is 6.00. The molecule has 2 fully saturated rings. The standard InChI is InChI=1S/C29H30N2O4/c1-15-8-6-10-23(18(15)4)30-25(32)14-21(27(30)33)20-12-17(3)26-22(13-20)28(34)31(29(26)35)24-11-7-9-16(2)19(24)5/h6-12,20-22,26H,13-14H2,1-5H3. The minimum absolute atomic E-state index is 0.112. The molecule has 2 heterocycles. The van der Waals surface area contributed by atoms with Gasteiger partial charge in [-0.3, -0.25) is 24.1 Å². The zero-order chi connectivity index (χ0) is 25.2. The van der Waals surface area contributed by atoms with Crippen LogP contribution in [0.4, 0.5) is 11.4 Å². The molecule has 6 heteroatoms. The molecule has 4 atom stereocenters. The van der Waals surface area contributed by atoms with Crippen molar-refractivity contribution < 1.29 is 19.2 Å². The van der Waals surface area contributed by atoms with Crippen LogP contribution in [0.15, 0.2) is 48.0 Å². The Bertz CT molecular complexity index is 1320. The zero-order valence-corrected chi connectivity index (χ0v) is 20.8. The number of nitrogens with zero attached hydrogens (tertiary/aromatic N) is 2. The van der Waals surface area contributed by atoms with E-state index < -0.39 is 17.8 Å². The molecule has 4 amide bonds. The molecule has 1 aliphatic carbocycles. The second-order valence-corrected chi connectivity index (χ2v) is 10.2. The molecule has 5 rings (SSSR count). The minimum atomic E-state index is -0.532. The number of benzene rings is 2. The number of rotatable bonds is 3. The van der Waals surface area contributed by atoms with Crippen LogP contribution in [0.2, 0.25) is 0 Å². The summed E-state index contributed by atoms with van der Waals surface area (Å²) in [4.78, 5) is 56.1. The number of carbonyl (C=O) groups is 4. The maximum atomic E-state index is 13.5. The lowest BCUT2D eigenvalue weighted by atomic mass is 9.71. The minimum Gasteiger partial charge on any atom is -0.274 e. The summed E-state index contributed by atoms with van der Waals surface area (Å²) < 4.78 is 0. The third-order valence-corrected chi connectivity index (χ3v) is 8.25. The lowest BCUT2D eigenvalue weighted by Crippen LogP contribution is -2.35. The first-order valence-electron chi connectivity index (χ1n) is 12.2. The Labute approximate surface area is 205 Å². The number of hydrogen-bond donors (Lipinski definition) is 0. The average molecular weight is 471 g/mol. The van der Waals surface area contributed by atoms with Gasteiger partial charge >= 0.3 is 0 Å². The summed E-state index contributed by atoms with van der Waals surface area (Å²) in [6.07, 6.45) is 2.46. The van der Waals surface area contributed by atoms with Crippen molar-refractivity contribution in [2.75, 3.05) is 9.80 Å². The van der Waals surface area contributed by atoms with Crippen molar-refractivity contribution in [2.24, 2.45) is 23.7 Å². The van der Waals surface area contributed by atoms with Gasteiger partial charge in [0, 0.05) is 6.42 Å². The van der Waals surface area contributed by atoms with Crippen LogP contribution in [-0.4, -0.2) is 23.6 Å². The first kappa shape index (κ1) is 23.2. The Balaban J connectivity index is 1.45. The first-order valence-corrected chi connectivity index (χ1v) is 12.2. The summed E-state index contributed by atoms with van der Waals surface area (Å²) in [5.74, 6) is -2.68. The molecule has 0 N–H and O–H groups in total. The quantitative estimate of drug-likeness (QED) is 0.486. The molecule has 2 aromatic carbocycles. The van der Waals surface area contributed by atoms with Crippen LogP contribution >= 0.6 is 0 Å². The van der Waals surface area contributed by atoms with Crippen LogP contribution in [0.25, 0.3) is 0 Å². The van der Waals surface area contributed by atoms with Crippen LogP contribution < -0.4 is 9.80 Å². The van der Waals surface area contributed by atoms with Gasteiger partial charge in [-0.15, -0.1) is 0 Å².